The van der Waals surface area contributed by atoms with E-state index in [2.05, 4.69) is 5.32 Å². The Kier molecular flexibility index (Phi) is 4.84. The summed E-state index contributed by atoms with van der Waals surface area (Å²) in [5.41, 5.74) is 0.217. The van der Waals surface area contributed by atoms with Crippen LogP contribution in [-0.4, -0.2) is 14.3 Å². The number of amides is 1. The second-order valence-electron chi connectivity index (χ2n) is 4.67. The van der Waals surface area contributed by atoms with E-state index >= 15 is 0 Å². The molecule has 1 aliphatic carbocycles. The Labute approximate surface area is 131 Å². The largest absolute Gasteiger partial charge is 0.323 e. The summed E-state index contributed by atoms with van der Waals surface area (Å²) in [6, 6.07) is 2.33. The number of hydrogen-bond donors (Lipinski definition) is 1. The first-order valence-electron chi connectivity index (χ1n) is 6.03. The van der Waals surface area contributed by atoms with Crippen LogP contribution in [0.1, 0.15) is 25.7 Å². The molecule has 0 bridgehead atoms. The number of rotatable bonds is 3. The van der Waals surface area contributed by atoms with Crippen molar-refractivity contribution in [3.05, 3.63) is 22.2 Å². The topological polar surface area (TPSA) is 63.2 Å². The van der Waals surface area contributed by atoms with Crippen LogP contribution in [0.25, 0.3) is 0 Å². The molecule has 8 heteroatoms. The zero-order valence-electron chi connectivity index (χ0n) is 10.3. The molecule has 4 nitrogen and oxygen atoms in total. The van der Waals surface area contributed by atoms with Gasteiger partial charge in [-0.05, 0) is 25.0 Å². The van der Waals surface area contributed by atoms with Gasteiger partial charge in [-0.25, -0.2) is 8.42 Å². The Hall–Kier alpha value is -0.490. The van der Waals surface area contributed by atoms with E-state index in [1.165, 1.54) is 12.1 Å². The third-order valence-electron chi connectivity index (χ3n) is 3.27. The molecular formula is C12H12Cl3NO3S. The van der Waals surface area contributed by atoms with Gasteiger partial charge in [0.05, 0.1) is 20.6 Å². The first kappa shape index (κ1) is 15.9. The molecule has 0 spiro atoms. The summed E-state index contributed by atoms with van der Waals surface area (Å²) in [4.78, 5) is 11.8. The van der Waals surface area contributed by atoms with E-state index in [1.807, 2.05) is 0 Å². The lowest BCUT2D eigenvalue weighted by molar-refractivity contribution is -0.119. The fraction of sp³-hybridized carbons (Fsp3) is 0.417. The van der Waals surface area contributed by atoms with Crippen LogP contribution in [0.15, 0.2) is 17.0 Å². The van der Waals surface area contributed by atoms with Gasteiger partial charge in [0.25, 0.3) is 9.05 Å². The van der Waals surface area contributed by atoms with Crippen molar-refractivity contribution in [1.82, 2.24) is 0 Å². The molecule has 0 aromatic heterocycles. The maximum absolute atomic E-state index is 12.0. The highest BCUT2D eigenvalue weighted by Gasteiger charge is 2.24. The molecule has 1 amide bonds. The Morgan fingerprint density at radius 3 is 2.10 bits per heavy atom. The van der Waals surface area contributed by atoms with Crippen molar-refractivity contribution in [2.75, 3.05) is 5.32 Å². The lowest BCUT2D eigenvalue weighted by atomic mass is 10.1. The van der Waals surface area contributed by atoms with Gasteiger partial charge in [0.1, 0.15) is 0 Å². The summed E-state index contributed by atoms with van der Waals surface area (Å²) in [6.45, 7) is 0. The minimum absolute atomic E-state index is 0.0430. The molecule has 1 aliphatic rings. The Morgan fingerprint density at radius 1 is 1.15 bits per heavy atom. The van der Waals surface area contributed by atoms with Gasteiger partial charge in [0.15, 0.2) is 0 Å². The summed E-state index contributed by atoms with van der Waals surface area (Å²) in [5.74, 6) is -0.189. The van der Waals surface area contributed by atoms with Gasteiger partial charge < -0.3 is 5.32 Å². The highest BCUT2D eigenvalue weighted by molar-refractivity contribution is 8.13. The number of halogens is 3. The molecule has 110 valence electrons. The summed E-state index contributed by atoms with van der Waals surface area (Å²) >= 11 is 11.9. The van der Waals surface area contributed by atoms with Crippen molar-refractivity contribution in [2.24, 2.45) is 5.92 Å². The van der Waals surface area contributed by atoms with E-state index in [9.17, 15) is 13.2 Å². The molecule has 1 aromatic carbocycles. The minimum atomic E-state index is -3.92. The first-order valence-corrected chi connectivity index (χ1v) is 9.10. The van der Waals surface area contributed by atoms with E-state index in [4.69, 9.17) is 33.9 Å². The van der Waals surface area contributed by atoms with Crippen LogP contribution < -0.4 is 5.32 Å². The quantitative estimate of drug-likeness (QED) is 0.831. The number of nitrogens with one attached hydrogen (secondary N) is 1. The second-order valence-corrected chi connectivity index (χ2v) is 8.05. The van der Waals surface area contributed by atoms with E-state index in [0.29, 0.717) is 0 Å². The molecule has 20 heavy (non-hydrogen) atoms. The zero-order chi connectivity index (χ0) is 14.9. The second kappa shape index (κ2) is 6.10. The average Bonchev–Trinajstić information content (AvgIpc) is 2.85. The molecule has 0 heterocycles. The van der Waals surface area contributed by atoms with E-state index in [1.54, 1.807) is 0 Å². The number of carbonyl (C=O) groups is 1. The van der Waals surface area contributed by atoms with Crippen molar-refractivity contribution >= 4 is 54.5 Å². The normalized spacial score (nSPS) is 16.4. The summed E-state index contributed by atoms with van der Waals surface area (Å²) in [7, 11) is 1.31. The molecule has 0 unspecified atom stereocenters. The van der Waals surface area contributed by atoms with Gasteiger partial charge in [-0.1, -0.05) is 36.0 Å². The van der Waals surface area contributed by atoms with Crippen LogP contribution in [0.5, 0.6) is 0 Å². The summed E-state index contributed by atoms with van der Waals surface area (Å²) in [5, 5.41) is 2.75. The van der Waals surface area contributed by atoms with Crippen LogP contribution in [0.4, 0.5) is 5.69 Å². The van der Waals surface area contributed by atoms with Crippen molar-refractivity contribution < 1.29 is 13.2 Å². The third-order valence-corrected chi connectivity index (χ3v) is 5.20. The molecule has 0 aliphatic heterocycles. The highest BCUT2D eigenvalue weighted by atomic mass is 35.7. The van der Waals surface area contributed by atoms with Gasteiger partial charge in [0.2, 0.25) is 5.91 Å². The van der Waals surface area contributed by atoms with Gasteiger partial charge in [-0.3, -0.25) is 4.79 Å². The van der Waals surface area contributed by atoms with Crippen molar-refractivity contribution in [1.29, 1.82) is 0 Å². The average molecular weight is 357 g/mol. The van der Waals surface area contributed by atoms with E-state index in [0.717, 1.165) is 25.7 Å². The van der Waals surface area contributed by atoms with Gasteiger partial charge in [-0.2, -0.15) is 0 Å². The minimum Gasteiger partial charge on any atom is -0.323 e. The Morgan fingerprint density at radius 2 is 1.65 bits per heavy atom. The smallest absolute Gasteiger partial charge is 0.261 e. The van der Waals surface area contributed by atoms with Gasteiger partial charge >= 0.3 is 0 Å². The standard InChI is InChI=1S/C12H12Cl3NO3S/c13-9-5-8(20(15,18)19)6-10(14)11(9)16-12(17)7-3-1-2-4-7/h5-7H,1-4H2,(H,16,17). The molecule has 1 aromatic rings. The van der Waals surface area contributed by atoms with E-state index < -0.39 is 9.05 Å². The van der Waals surface area contributed by atoms with Crippen LogP contribution in [0, 0.1) is 5.92 Å². The van der Waals surface area contributed by atoms with Crippen molar-refractivity contribution in [3.63, 3.8) is 0 Å². The lowest BCUT2D eigenvalue weighted by Crippen LogP contribution is -2.20. The zero-order valence-corrected chi connectivity index (χ0v) is 13.4. The predicted octanol–water partition coefficient (Wildman–Crippen LogP) is 4.05. The van der Waals surface area contributed by atoms with Crippen LogP contribution in [-0.2, 0) is 13.8 Å². The fourth-order valence-corrected chi connectivity index (χ4v) is 3.72. The van der Waals surface area contributed by atoms with E-state index in [-0.39, 0.29) is 32.5 Å². The molecule has 2 rings (SSSR count). The van der Waals surface area contributed by atoms with Crippen LogP contribution in [0.3, 0.4) is 0 Å². The molecule has 0 atom stereocenters. The van der Waals surface area contributed by atoms with Crippen molar-refractivity contribution in [2.45, 2.75) is 30.6 Å². The first-order chi connectivity index (χ1) is 9.29. The molecule has 1 N–H and O–H groups in total. The molecule has 0 saturated heterocycles. The molecule has 1 fully saturated rings. The Balaban J connectivity index is 2.26. The number of anilines is 1. The summed E-state index contributed by atoms with van der Waals surface area (Å²) < 4.78 is 22.5. The fourth-order valence-electron chi connectivity index (χ4n) is 2.22. The van der Waals surface area contributed by atoms with Crippen LogP contribution in [0.2, 0.25) is 10.0 Å². The monoisotopic (exact) mass is 355 g/mol. The molecule has 0 radical (unpaired) electrons. The summed E-state index contributed by atoms with van der Waals surface area (Å²) in [6.07, 6.45) is 3.75. The highest BCUT2D eigenvalue weighted by Crippen LogP contribution is 2.35. The van der Waals surface area contributed by atoms with Gasteiger partial charge in [0, 0.05) is 16.6 Å². The predicted molar refractivity (Wildman–Crippen MR) is 80.1 cm³/mol. The number of benzene rings is 1. The van der Waals surface area contributed by atoms with Crippen LogP contribution >= 0.6 is 33.9 Å². The maximum atomic E-state index is 12.0. The number of carbonyl (C=O) groups excluding carboxylic acids is 1. The Bertz CT molecular complexity index is 616. The van der Waals surface area contributed by atoms with Crippen molar-refractivity contribution in [3.8, 4) is 0 Å². The molecular weight excluding hydrogens is 345 g/mol. The number of hydrogen-bond acceptors (Lipinski definition) is 3. The van der Waals surface area contributed by atoms with Gasteiger partial charge in [-0.15, -0.1) is 0 Å². The maximum Gasteiger partial charge on any atom is 0.261 e. The SMILES string of the molecule is O=C(Nc1c(Cl)cc(S(=O)(=O)Cl)cc1Cl)C1CCCC1. The molecule has 1 saturated carbocycles. The third kappa shape index (κ3) is 3.58. The lowest BCUT2D eigenvalue weighted by Gasteiger charge is -2.13.